The van der Waals surface area contributed by atoms with Crippen LogP contribution in [0.5, 0.6) is 0 Å². The third-order valence-electron chi connectivity index (χ3n) is 2.35. The van der Waals surface area contributed by atoms with E-state index in [-0.39, 0.29) is 0 Å². The van der Waals surface area contributed by atoms with Gasteiger partial charge in [0.15, 0.2) is 0 Å². The normalized spacial score (nSPS) is 10.7. The van der Waals surface area contributed by atoms with E-state index in [2.05, 4.69) is 40.0 Å². The molecule has 0 radical (unpaired) electrons. The number of nitrogens with zero attached hydrogens (tertiary/aromatic N) is 1. The van der Waals surface area contributed by atoms with E-state index in [4.69, 9.17) is 5.73 Å². The van der Waals surface area contributed by atoms with Gasteiger partial charge in [-0.05, 0) is 25.6 Å². The Morgan fingerprint density at radius 1 is 1.44 bits per heavy atom. The lowest BCUT2D eigenvalue weighted by Gasteiger charge is -1.96. The van der Waals surface area contributed by atoms with E-state index in [0.717, 1.165) is 27.2 Å². The molecule has 2 N–H and O–H groups in total. The van der Waals surface area contributed by atoms with Gasteiger partial charge >= 0.3 is 0 Å². The summed E-state index contributed by atoms with van der Waals surface area (Å²) in [4.78, 5) is 5.89. The predicted octanol–water partition coefficient (Wildman–Crippen LogP) is 3.38. The number of halogens is 1. The van der Waals surface area contributed by atoms with Gasteiger partial charge in [0.25, 0.3) is 0 Å². The molecule has 0 amide bonds. The van der Waals surface area contributed by atoms with Gasteiger partial charge in [-0.2, -0.15) is 0 Å². The lowest BCUT2D eigenvalue weighted by molar-refractivity contribution is 0.927. The van der Waals surface area contributed by atoms with E-state index in [0.29, 0.717) is 6.54 Å². The van der Waals surface area contributed by atoms with Crippen LogP contribution in [-0.2, 0) is 6.42 Å². The Hall–Kier alpha value is -0.710. The fraction of sp³-hybridized carbons (Fsp3) is 0.250. The summed E-state index contributed by atoms with van der Waals surface area (Å²) < 4.78 is 1.08. The zero-order valence-electron chi connectivity index (χ0n) is 9.03. The Morgan fingerprint density at radius 3 is 2.94 bits per heavy atom. The first kappa shape index (κ1) is 11.8. The molecule has 1 heterocycles. The van der Waals surface area contributed by atoms with Crippen molar-refractivity contribution in [3.63, 3.8) is 0 Å². The van der Waals surface area contributed by atoms with E-state index in [1.165, 1.54) is 4.88 Å². The molecular formula is C12H13BrN2S. The van der Waals surface area contributed by atoms with Gasteiger partial charge in [-0.3, -0.25) is 0 Å². The van der Waals surface area contributed by atoms with Crippen LogP contribution < -0.4 is 5.73 Å². The van der Waals surface area contributed by atoms with Crippen LogP contribution in [0.2, 0.25) is 0 Å². The molecule has 2 aromatic rings. The molecule has 16 heavy (non-hydrogen) atoms. The van der Waals surface area contributed by atoms with Crippen LogP contribution in [0.15, 0.2) is 28.7 Å². The monoisotopic (exact) mass is 296 g/mol. The van der Waals surface area contributed by atoms with Gasteiger partial charge in [0, 0.05) is 21.3 Å². The van der Waals surface area contributed by atoms with E-state index >= 15 is 0 Å². The zero-order chi connectivity index (χ0) is 11.5. The molecule has 0 aliphatic rings. The van der Waals surface area contributed by atoms with Crippen molar-refractivity contribution in [2.75, 3.05) is 6.54 Å². The summed E-state index contributed by atoms with van der Waals surface area (Å²) in [5.41, 5.74) is 7.84. The average molecular weight is 297 g/mol. The first-order chi connectivity index (χ1) is 7.70. The van der Waals surface area contributed by atoms with Crippen LogP contribution in [0.1, 0.15) is 10.6 Å². The highest BCUT2D eigenvalue weighted by atomic mass is 79.9. The summed E-state index contributed by atoms with van der Waals surface area (Å²) in [5.74, 6) is 0. The number of thiazole rings is 1. The third kappa shape index (κ3) is 2.51. The molecule has 0 aliphatic heterocycles. The zero-order valence-corrected chi connectivity index (χ0v) is 11.4. The molecule has 1 aromatic heterocycles. The Kier molecular flexibility index (Phi) is 3.74. The maximum atomic E-state index is 5.56. The fourth-order valence-electron chi connectivity index (χ4n) is 1.54. The lowest BCUT2D eigenvalue weighted by Crippen LogP contribution is -2.03. The van der Waals surface area contributed by atoms with Crippen LogP contribution in [0.25, 0.3) is 10.6 Å². The summed E-state index contributed by atoms with van der Waals surface area (Å²) in [6, 6.07) is 8.21. The maximum Gasteiger partial charge on any atom is 0.123 e. The number of benzene rings is 1. The molecule has 2 rings (SSSR count). The van der Waals surface area contributed by atoms with Crippen molar-refractivity contribution in [3.8, 4) is 10.6 Å². The molecule has 0 bridgehead atoms. The van der Waals surface area contributed by atoms with Gasteiger partial charge in [0.05, 0.1) is 5.69 Å². The number of aromatic nitrogens is 1. The second-order valence-electron chi connectivity index (χ2n) is 3.57. The van der Waals surface area contributed by atoms with Crippen LogP contribution in [-0.4, -0.2) is 11.5 Å². The predicted molar refractivity (Wildman–Crippen MR) is 72.7 cm³/mol. The van der Waals surface area contributed by atoms with Crippen molar-refractivity contribution in [1.82, 2.24) is 4.98 Å². The molecule has 0 aliphatic carbocycles. The van der Waals surface area contributed by atoms with Crippen molar-refractivity contribution >= 4 is 27.3 Å². The Balaban J connectivity index is 2.37. The molecule has 4 heteroatoms. The fourth-order valence-corrected chi connectivity index (χ4v) is 2.90. The Bertz CT molecular complexity index is 494. The van der Waals surface area contributed by atoms with Crippen LogP contribution >= 0.6 is 27.3 Å². The van der Waals surface area contributed by atoms with Crippen molar-refractivity contribution in [1.29, 1.82) is 0 Å². The Labute approximate surface area is 108 Å². The highest BCUT2D eigenvalue weighted by molar-refractivity contribution is 9.10. The van der Waals surface area contributed by atoms with Gasteiger partial charge in [0.1, 0.15) is 5.01 Å². The SMILES string of the molecule is Cc1sc(-c2cccc(Br)c2)nc1CCN. The van der Waals surface area contributed by atoms with E-state index in [1.54, 1.807) is 11.3 Å². The van der Waals surface area contributed by atoms with Crippen molar-refractivity contribution < 1.29 is 0 Å². The second-order valence-corrected chi connectivity index (χ2v) is 5.69. The average Bonchev–Trinajstić information content (AvgIpc) is 2.61. The summed E-state index contributed by atoms with van der Waals surface area (Å²) in [6.07, 6.45) is 0.857. The number of aryl methyl sites for hydroxylation is 1. The highest BCUT2D eigenvalue weighted by Crippen LogP contribution is 2.29. The van der Waals surface area contributed by atoms with Gasteiger partial charge in [0.2, 0.25) is 0 Å². The first-order valence-corrected chi connectivity index (χ1v) is 6.74. The second kappa shape index (κ2) is 5.08. The standard InChI is InChI=1S/C12H13BrN2S/c1-8-11(5-6-14)15-12(16-8)9-3-2-4-10(13)7-9/h2-4,7H,5-6,14H2,1H3. The van der Waals surface area contributed by atoms with E-state index in [9.17, 15) is 0 Å². The molecule has 0 spiro atoms. The molecule has 2 nitrogen and oxygen atoms in total. The van der Waals surface area contributed by atoms with E-state index in [1.807, 2.05) is 12.1 Å². The van der Waals surface area contributed by atoms with Crippen LogP contribution in [0, 0.1) is 6.92 Å². The number of nitrogens with two attached hydrogens (primary N) is 1. The lowest BCUT2D eigenvalue weighted by atomic mass is 10.2. The van der Waals surface area contributed by atoms with Crippen molar-refractivity contribution in [3.05, 3.63) is 39.3 Å². The Morgan fingerprint density at radius 2 is 2.25 bits per heavy atom. The van der Waals surface area contributed by atoms with Crippen molar-refractivity contribution in [2.24, 2.45) is 5.73 Å². The summed E-state index contributed by atoms with van der Waals surface area (Å²) >= 11 is 5.20. The summed E-state index contributed by atoms with van der Waals surface area (Å²) in [5, 5.41) is 1.07. The quantitative estimate of drug-likeness (QED) is 0.943. The summed E-state index contributed by atoms with van der Waals surface area (Å²) in [6.45, 7) is 2.76. The third-order valence-corrected chi connectivity index (χ3v) is 3.90. The number of hydrogen-bond donors (Lipinski definition) is 1. The van der Waals surface area contributed by atoms with Gasteiger partial charge in [-0.25, -0.2) is 4.98 Å². The minimum absolute atomic E-state index is 0.655. The van der Waals surface area contributed by atoms with Gasteiger partial charge < -0.3 is 5.73 Å². The molecule has 0 unspecified atom stereocenters. The molecule has 0 fully saturated rings. The van der Waals surface area contributed by atoms with Crippen molar-refractivity contribution in [2.45, 2.75) is 13.3 Å². The molecule has 0 saturated carbocycles. The largest absolute Gasteiger partial charge is 0.330 e. The van der Waals surface area contributed by atoms with Crippen LogP contribution in [0.3, 0.4) is 0 Å². The topological polar surface area (TPSA) is 38.9 Å². The van der Waals surface area contributed by atoms with Gasteiger partial charge in [-0.1, -0.05) is 28.1 Å². The van der Waals surface area contributed by atoms with E-state index < -0.39 is 0 Å². The van der Waals surface area contributed by atoms with Gasteiger partial charge in [-0.15, -0.1) is 11.3 Å². The molecule has 0 atom stereocenters. The maximum absolute atomic E-state index is 5.56. The smallest absolute Gasteiger partial charge is 0.123 e. The highest BCUT2D eigenvalue weighted by Gasteiger charge is 2.08. The molecule has 84 valence electrons. The summed E-state index contributed by atoms with van der Waals surface area (Å²) in [7, 11) is 0. The molecule has 0 saturated heterocycles. The molecule has 1 aromatic carbocycles. The minimum atomic E-state index is 0.655. The number of rotatable bonds is 3. The minimum Gasteiger partial charge on any atom is -0.330 e. The first-order valence-electron chi connectivity index (χ1n) is 5.13. The van der Waals surface area contributed by atoms with Crippen LogP contribution in [0.4, 0.5) is 0 Å². The number of hydrogen-bond acceptors (Lipinski definition) is 3. The molecular weight excluding hydrogens is 284 g/mol.